The molecular formula is C7H7Y-. The predicted octanol–water partition coefficient (Wildman–Crippen LogP) is 1.79. The second kappa shape index (κ2) is 4.23. The van der Waals surface area contributed by atoms with E-state index in [0.29, 0.717) is 0 Å². The van der Waals surface area contributed by atoms with Crippen molar-refractivity contribution < 1.29 is 32.7 Å². The summed E-state index contributed by atoms with van der Waals surface area (Å²) in [5, 5.41) is 0. The van der Waals surface area contributed by atoms with Crippen LogP contribution in [0, 0.1) is 13.0 Å². The third-order valence-electron chi connectivity index (χ3n) is 0.885. The molecule has 0 nitrogen and oxygen atoms in total. The van der Waals surface area contributed by atoms with E-state index in [9.17, 15) is 0 Å². The molecular weight excluding hydrogens is 173 g/mol. The third-order valence-corrected chi connectivity index (χ3v) is 0.885. The molecule has 0 aromatic heterocycles. The van der Waals surface area contributed by atoms with Crippen LogP contribution in [0.1, 0.15) is 5.56 Å². The molecule has 0 aliphatic carbocycles. The first kappa shape index (κ1) is 8.32. The van der Waals surface area contributed by atoms with Crippen molar-refractivity contribution in [3.05, 3.63) is 35.9 Å². The van der Waals surface area contributed by atoms with Gasteiger partial charge in [0, 0.05) is 32.7 Å². The third kappa shape index (κ3) is 2.59. The summed E-state index contributed by atoms with van der Waals surface area (Å²) in [6.07, 6.45) is 0. The Bertz CT molecular complexity index is 134. The molecule has 0 unspecified atom stereocenters. The minimum absolute atomic E-state index is 0. The van der Waals surface area contributed by atoms with Crippen molar-refractivity contribution in [2.75, 3.05) is 0 Å². The zero-order valence-corrected chi connectivity index (χ0v) is 7.73. The van der Waals surface area contributed by atoms with E-state index in [0.717, 1.165) is 0 Å². The Morgan fingerprint density at radius 3 is 2.00 bits per heavy atom. The van der Waals surface area contributed by atoms with Crippen LogP contribution in [0.4, 0.5) is 0 Å². The van der Waals surface area contributed by atoms with Gasteiger partial charge in [0.1, 0.15) is 0 Å². The first-order valence-corrected chi connectivity index (χ1v) is 2.32. The molecule has 0 amide bonds. The first-order valence-electron chi connectivity index (χ1n) is 2.32. The number of hydrogen-bond donors (Lipinski definition) is 0. The van der Waals surface area contributed by atoms with Crippen LogP contribution in [0.15, 0.2) is 24.3 Å². The summed E-state index contributed by atoms with van der Waals surface area (Å²) in [6, 6.07) is 10.8. The predicted molar refractivity (Wildman–Crippen MR) is 30.0 cm³/mol. The van der Waals surface area contributed by atoms with Crippen LogP contribution in [0.5, 0.6) is 0 Å². The van der Waals surface area contributed by atoms with E-state index < -0.39 is 0 Å². The first-order chi connectivity index (χ1) is 3.39. The Morgan fingerprint density at radius 1 is 1.25 bits per heavy atom. The summed E-state index contributed by atoms with van der Waals surface area (Å²) in [5.74, 6) is 0. The number of benzene rings is 1. The summed E-state index contributed by atoms with van der Waals surface area (Å²) in [5.41, 5.74) is 1.29. The minimum atomic E-state index is 0. The van der Waals surface area contributed by atoms with Crippen LogP contribution >= 0.6 is 0 Å². The van der Waals surface area contributed by atoms with E-state index in [-0.39, 0.29) is 32.7 Å². The van der Waals surface area contributed by atoms with E-state index >= 15 is 0 Å². The van der Waals surface area contributed by atoms with E-state index in [1.165, 1.54) is 5.56 Å². The number of rotatable bonds is 0. The van der Waals surface area contributed by atoms with E-state index in [2.05, 4.69) is 13.0 Å². The Balaban J connectivity index is 0.000000490. The topological polar surface area (TPSA) is 0 Å². The Kier molecular flexibility index (Phi) is 4.40. The maximum absolute atomic E-state index is 2.93. The summed E-state index contributed by atoms with van der Waals surface area (Å²) in [7, 11) is 0. The Hall–Kier alpha value is 0.324. The molecule has 1 heteroatoms. The molecule has 0 N–H and O–H groups in total. The average molecular weight is 180 g/mol. The molecule has 0 saturated heterocycles. The molecule has 0 aliphatic heterocycles. The van der Waals surface area contributed by atoms with Crippen molar-refractivity contribution in [3.8, 4) is 0 Å². The maximum Gasteiger partial charge on any atom is 0 e. The molecule has 0 atom stereocenters. The van der Waals surface area contributed by atoms with Crippen LogP contribution < -0.4 is 0 Å². The molecule has 1 aromatic rings. The van der Waals surface area contributed by atoms with Gasteiger partial charge in [0.25, 0.3) is 0 Å². The molecule has 1 aromatic carbocycles. The zero-order valence-electron chi connectivity index (χ0n) is 4.89. The standard InChI is InChI=1S/C7H7.Y/c1-7-5-3-2-4-6-7;/h3-6H,1H3;/q-1;. The Labute approximate surface area is 75.2 Å². The van der Waals surface area contributed by atoms with Gasteiger partial charge in [-0.1, -0.05) is 6.92 Å². The molecule has 8 heavy (non-hydrogen) atoms. The van der Waals surface area contributed by atoms with Gasteiger partial charge in [-0.05, 0) is 0 Å². The second-order valence-corrected chi connectivity index (χ2v) is 1.58. The average Bonchev–Trinajstić information content (AvgIpc) is 1.69. The van der Waals surface area contributed by atoms with Crippen molar-refractivity contribution >= 4 is 0 Å². The van der Waals surface area contributed by atoms with E-state index in [4.69, 9.17) is 0 Å². The molecule has 0 aliphatic rings. The molecule has 0 saturated carbocycles. The van der Waals surface area contributed by atoms with E-state index in [1.54, 1.807) is 0 Å². The van der Waals surface area contributed by atoms with Crippen molar-refractivity contribution in [2.24, 2.45) is 0 Å². The van der Waals surface area contributed by atoms with Gasteiger partial charge in [-0.3, -0.25) is 0 Å². The largest absolute Gasteiger partial charge is 0.184 e. The minimum Gasteiger partial charge on any atom is -0.184 e. The van der Waals surface area contributed by atoms with Crippen molar-refractivity contribution in [1.29, 1.82) is 0 Å². The maximum atomic E-state index is 2.93. The van der Waals surface area contributed by atoms with Crippen LogP contribution in [0.25, 0.3) is 0 Å². The van der Waals surface area contributed by atoms with Crippen molar-refractivity contribution in [2.45, 2.75) is 6.92 Å². The normalized spacial score (nSPS) is 7.62. The quantitative estimate of drug-likeness (QED) is 0.534. The van der Waals surface area contributed by atoms with Crippen molar-refractivity contribution in [3.63, 3.8) is 0 Å². The van der Waals surface area contributed by atoms with Crippen LogP contribution in [-0.4, -0.2) is 0 Å². The van der Waals surface area contributed by atoms with Gasteiger partial charge in [-0.2, -0.15) is 35.9 Å². The molecule has 0 fully saturated rings. The van der Waals surface area contributed by atoms with Crippen LogP contribution in [-0.2, 0) is 32.7 Å². The smallest absolute Gasteiger partial charge is 0 e. The summed E-state index contributed by atoms with van der Waals surface area (Å²) >= 11 is 0. The zero-order chi connectivity index (χ0) is 5.11. The van der Waals surface area contributed by atoms with Gasteiger partial charge in [0.2, 0.25) is 0 Å². The molecule has 1 radical (unpaired) electrons. The van der Waals surface area contributed by atoms with Crippen molar-refractivity contribution in [1.82, 2.24) is 0 Å². The number of aryl methyl sites for hydroxylation is 1. The van der Waals surface area contributed by atoms with Crippen LogP contribution in [0.2, 0.25) is 0 Å². The monoisotopic (exact) mass is 180 g/mol. The molecule has 1 rings (SSSR count). The van der Waals surface area contributed by atoms with Gasteiger partial charge in [-0.25, -0.2) is 0 Å². The van der Waals surface area contributed by atoms with Gasteiger partial charge in [-0.15, -0.1) is 0 Å². The van der Waals surface area contributed by atoms with Gasteiger partial charge in [0.15, 0.2) is 0 Å². The molecule has 39 valence electrons. The van der Waals surface area contributed by atoms with E-state index in [1.807, 2.05) is 24.3 Å². The fourth-order valence-electron chi connectivity index (χ4n) is 0.470. The second-order valence-electron chi connectivity index (χ2n) is 1.58. The fraction of sp³-hybridized carbons (Fsp3) is 0.143. The SMILES string of the molecule is Cc1cc[c-]cc1.[Y]. The van der Waals surface area contributed by atoms with Gasteiger partial charge in [0.05, 0.1) is 0 Å². The van der Waals surface area contributed by atoms with Gasteiger partial charge >= 0.3 is 0 Å². The summed E-state index contributed by atoms with van der Waals surface area (Å²) in [4.78, 5) is 0. The molecule has 0 bridgehead atoms. The fourth-order valence-corrected chi connectivity index (χ4v) is 0.470. The Morgan fingerprint density at radius 2 is 1.75 bits per heavy atom. The molecule has 0 spiro atoms. The molecule has 0 heterocycles. The van der Waals surface area contributed by atoms with Crippen LogP contribution in [0.3, 0.4) is 0 Å². The summed E-state index contributed by atoms with van der Waals surface area (Å²) in [6.45, 7) is 2.06. The summed E-state index contributed by atoms with van der Waals surface area (Å²) < 4.78 is 0. The number of hydrogen-bond acceptors (Lipinski definition) is 0. The van der Waals surface area contributed by atoms with Gasteiger partial charge < -0.3 is 0 Å².